The summed E-state index contributed by atoms with van der Waals surface area (Å²) in [5.74, 6) is 1.87. The predicted octanol–water partition coefficient (Wildman–Crippen LogP) is 3.86. The van der Waals surface area contributed by atoms with Gasteiger partial charge in [-0.1, -0.05) is 25.5 Å². The normalized spacial score (nSPS) is 21.6. The first-order chi connectivity index (χ1) is 10.2. The van der Waals surface area contributed by atoms with Crippen molar-refractivity contribution in [2.75, 3.05) is 37.6 Å². The second kappa shape index (κ2) is 6.39. The van der Waals surface area contributed by atoms with E-state index in [4.69, 9.17) is 0 Å². The highest BCUT2D eigenvalue weighted by Gasteiger charge is 2.30. The second-order valence-corrected chi connectivity index (χ2v) is 7.14. The fourth-order valence-electron chi connectivity index (χ4n) is 3.90. The number of piperidine rings is 1. The van der Waals surface area contributed by atoms with Gasteiger partial charge in [-0.25, -0.2) is 0 Å². The molecule has 116 valence electrons. The summed E-state index contributed by atoms with van der Waals surface area (Å²) in [7, 11) is 0. The van der Waals surface area contributed by atoms with Gasteiger partial charge in [0.25, 0.3) is 0 Å². The Morgan fingerprint density at radius 1 is 1.05 bits per heavy atom. The molecule has 0 unspecified atom stereocenters. The molecule has 0 aliphatic carbocycles. The lowest BCUT2D eigenvalue weighted by Crippen LogP contribution is -2.52. The first-order valence-corrected chi connectivity index (χ1v) is 8.71. The number of rotatable bonds is 4. The third-order valence-electron chi connectivity index (χ3n) is 5.67. The fraction of sp³-hybridized carbons (Fsp3) is 0.684. The monoisotopic (exact) mass is 286 g/mol. The van der Waals surface area contributed by atoms with Gasteiger partial charge in [0.1, 0.15) is 0 Å². The van der Waals surface area contributed by atoms with E-state index in [0.29, 0.717) is 0 Å². The topological polar surface area (TPSA) is 6.48 Å². The minimum absolute atomic E-state index is 0.878. The minimum Gasteiger partial charge on any atom is -0.371 e. The van der Waals surface area contributed by atoms with E-state index in [-0.39, 0.29) is 0 Å². The molecular formula is C19H30N2. The van der Waals surface area contributed by atoms with Crippen molar-refractivity contribution >= 4 is 5.69 Å². The van der Waals surface area contributed by atoms with Crippen LogP contribution >= 0.6 is 0 Å². The van der Waals surface area contributed by atoms with E-state index in [9.17, 15) is 0 Å². The van der Waals surface area contributed by atoms with E-state index in [0.717, 1.165) is 11.8 Å². The summed E-state index contributed by atoms with van der Waals surface area (Å²) in [5.41, 5.74) is 4.33. The molecule has 0 saturated carbocycles. The van der Waals surface area contributed by atoms with Crippen LogP contribution in [0, 0.1) is 25.7 Å². The molecule has 2 saturated heterocycles. The average molecular weight is 286 g/mol. The molecule has 1 aromatic rings. The Labute approximate surface area is 130 Å². The van der Waals surface area contributed by atoms with E-state index < -0.39 is 0 Å². The van der Waals surface area contributed by atoms with Crippen LogP contribution in [0.5, 0.6) is 0 Å². The Balaban J connectivity index is 1.47. The maximum Gasteiger partial charge on any atom is 0.0398 e. The third-order valence-corrected chi connectivity index (χ3v) is 5.67. The van der Waals surface area contributed by atoms with Crippen molar-refractivity contribution in [3.63, 3.8) is 0 Å². The number of benzene rings is 1. The van der Waals surface area contributed by atoms with Crippen molar-refractivity contribution in [1.29, 1.82) is 0 Å². The maximum absolute atomic E-state index is 2.71. The van der Waals surface area contributed by atoms with Crippen molar-refractivity contribution < 1.29 is 0 Å². The molecule has 0 spiro atoms. The molecule has 3 rings (SSSR count). The number of anilines is 1. The van der Waals surface area contributed by atoms with Crippen molar-refractivity contribution in [3.05, 3.63) is 29.3 Å². The zero-order valence-electron chi connectivity index (χ0n) is 13.9. The van der Waals surface area contributed by atoms with Crippen LogP contribution in [0.2, 0.25) is 0 Å². The van der Waals surface area contributed by atoms with Crippen LogP contribution in [0.4, 0.5) is 5.69 Å². The Bertz CT molecular complexity index is 468. The lowest BCUT2D eigenvalue weighted by molar-refractivity contribution is 0.148. The molecule has 1 aromatic carbocycles. The van der Waals surface area contributed by atoms with E-state index in [1.807, 2.05) is 0 Å². The van der Waals surface area contributed by atoms with Crippen LogP contribution in [0.3, 0.4) is 0 Å². The molecule has 0 bridgehead atoms. The van der Waals surface area contributed by atoms with Crippen LogP contribution in [0.1, 0.15) is 37.3 Å². The van der Waals surface area contributed by atoms with Gasteiger partial charge in [0.2, 0.25) is 0 Å². The zero-order chi connectivity index (χ0) is 14.8. The molecule has 0 aromatic heterocycles. The van der Waals surface area contributed by atoms with Gasteiger partial charge in [-0.2, -0.15) is 0 Å². The molecule has 2 heterocycles. The van der Waals surface area contributed by atoms with Crippen molar-refractivity contribution in [2.45, 2.75) is 40.0 Å². The summed E-state index contributed by atoms with van der Waals surface area (Å²) in [6.45, 7) is 13.3. The fourth-order valence-corrected chi connectivity index (χ4v) is 3.90. The Morgan fingerprint density at radius 3 is 2.43 bits per heavy atom. The smallest absolute Gasteiger partial charge is 0.0398 e. The van der Waals surface area contributed by atoms with Crippen LogP contribution in [-0.2, 0) is 0 Å². The van der Waals surface area contributed by atoms with Crippen LogP contribution in [0.15, 0.2) is 18.2 Å². The maximum atomic E-state index is 2.71. The molecule has 2 aliphatic rings. The molecule has 21 heavy (non-hydrogen) atoms. The van der Waals surface area contributed by atoms with E-state index >= 15 is 0 Å². The summed E-state index contributed by atoms with van der Waals surface area (Å²) in [6.07, 6.45) is 4.21. The van der Waals surface area contributed by atoms with Crippen LogP contribution < -0.4 is 4.90 Å². The van der Waals surface area contributed by atoms with Gasteiger partial charge < -0.3 is 9.80 Å². The Hall–Kier alpha value is -1.02. The van der Waals surface area contributed by atoms with Gasteiger partial charge in [0, 0.05) is 31.2 Å². The minimum atomic E-state index is 0.878. The van der Waals surface area contributed by atoms with Crippen LogP contribution in [-0.4, -0.2) is 37.6 Å². The quantitative estimate of drug-likeness (QED) is 0.829. The molecule has 0 N–H and O–H groups in total. The lowest BCUT2D eigenvalue weighted by Gasteiger charge is -2.45. The summed E-state index contributed by atoms with van der Waals surface area (Å²) in [6, 6.07) is 6.69. The molecule has 0 radical (unpaired) electrons. The highest BCUT2D eigenvalue weighted by atomic mass is 15.2. The highest BCUT2D eigenvalue weighted by molar-refractivity contribution is 5.57. The van der Waals surface area contributed by atoms with Crippen molar-refractivity contribution in [3.8, 4) is 0 Å². The molecule has 0 amide bonds. The lowest BCUT2D eigenvalue weighted by atomic mass is 9.92. The number of aryl methyl sites for hydroxylation is 1. The van der Waals surface area contributed by atoms with E-state index in [2.05, 4.69) is 48.8 Å². The van der Waals surface area contributed by atoms with E-state index in [1.54, 1.807) is 0 Å². The van der Waals surface area contributed by atoms with Gasteiger partial charge in [0.15, 0.2) is 0 Å². The van der Waals surface area contributed by atoms with E-state index in [1.165, 1.54) is 68.8 Å². The molecule has 2 heteroatoms. The molecule has 2 aliphatic heterocycles. The molecule has 2 nitrogen and oxygen atoms in total. The first kappa shape index (κ1) is 14.9. The molecule has 2 fully saturated rings. The van der Waals surface area contributed by atoms with Gasteiger partial charge in [-0.05, 0) is 62.9 Å². The number of hydrogen-bond acceptors (Lipinski definition) is 2. The van der Waals surface area contributed by atoms with Gasteiger partial charge >= 0.3 is 0 Å². The third kappa shape index (κ3) is 3.26. The SMILES string of the molecule is CCC1CCN(CC2CN(c3cccc(C)c3C)C2)CC1. The highest BCUT2D eigenvalue weighted by Crippen LogP contribution is 2.30. The van der Waals surface area contributed by atoms with Crippen molar-refractivity contribution in [1.82, 2.24) is 4.90 Å². The standard InChI is InChI=1S/C19H30N2/c1-4-17-8-10-20(11-9-17)12-18-13-21(14-18)19-7-5-6-15(2)16(19)3/h5-7,17-18H,4,8-14H2,1-3H3. The molecule has 0 atom stereocenters. The largest absolute Gasteiger partial charge is 0.371 e. The predicted molar refractivity (Wildman–Crippen MR) is 91.1 cm³/mol. The van der Waals surface area contributed by atoms with Crippen LogP contribution in [0.25, 0.3) is 0 Å². The Kier molecular flexibility index (Phi) is 4.54. The average Bonchev–Trinajstić information content (AvgIpc) is 2.47. The summed E-state index contributed by atoms with van der Waals surface area (Å²) in [5, 5.41) is 0. The van der Waals surface area contributed by atoms with Gasteiger partial charge in [0.05, 0.1) is 0 Å². The second-order valence-electron chi connectivity index (χ2n) is 7.14. The summed E-state index contributed by atoms with van der Waals surface area (Å²) in [4.78, 5) is 5.27. The zero-order valence-corrected chi connectivity index (χ0v) is 13.9. The molecular weight excluding hydrogens is 256 g/mol. The van der Waals surface area contributed by atoms with Gasteiger partial charge in [-0.15, -0.1) is 0 Å². The number of nitrogens with zero attached hydrogens (tertiary/aromatic N) is 2. The first-order valence-electron chi connectivity index (χ1n) is 8.71. The Morgan fingerprint density at radius 2 is 1.76 bits per heavy atom. The van der Waals surface area contributed by atoms with Crippen molar-refractivity contribution in [2.24, 2.45) is 11.8 Å². The summed E-state index contributed by atoms with van der Waals surface area (Å²) >= 11 is 0. The summed E-state index contributed by atoms with van der Waals surface area (Å²) < 4.78 is 0. The number of likely N-dealkylation sites (tertiary alicyclic amines) is 1. The van der Waals surface area contributed by atoms with Gasteiger partial charge in [-0.3, -0.25) is 0 Å². The number of hydrogen-bond donors (Lipinski definition) is 0.